The minimum Gasteiger partial charge on any atom is -0.218 e. The fourth-order valence-electron chi connectivity index (χ4n) is 0.778. The van der Waals surface area contributed by atoms with Crippen LogP contribution in [0.1, 0.15) is 17.7 Å². The maximum Gasteiger partial charge on any atom is 0.280 e. The van der Waals surface area contributed by atoms with Crippen LogP contribution in [-0.2, 0) is 5.33 Å². The normalized spacial score (nSPS) is 10.9. The van der Waals surface area contributed by atoms with E-state index in [-0.39, 0.29) is 3.57 Å². The van der Waals surface area contributed by atoms with Crippen molar-refractivity contribution in [1.82, 2.24) is 4.98 Å². The molecule has 1 heterocycles. The summed E-state index contributed by atoms with van der Waals surface area (Å²) < 4.78 is 37.5. The van der Waals surface area contributed by atoms with Crippen molar-refractivity contribution in [3.8, 4) is 0 Å². The van der Waals surface area contributed by atoms with Gasteiger partial charge in [0.15, 0.2) is 0 Å². The molecule has 1 aromatic rings. The van der Waals surface area contributed by atoms with Crippen molar-refractivity contribution in [2.45, 2.75) is 11.8 Å². The molecule has 0 fully saturated rings. The molecular formula is C7H4BrF3IN. The lowest BCUT2D eigenvalue weighted by Gasteiger charge is -2.04. The number of halogens is 5. The van der Waals surface area contributed by atoms with Gasteiger partial charge in [0.2, 0.25) is 5.95 Å². The molecule has 0 aromatic carbocycles. The van der Waals surface area contributed by atoms with Crippen molar-refractivity contribution < 1.29 is 13.2 Å². The summed E-state index contributed by atoms with van der Waals surface area (Å²) in [5.41, 5.74) is -0.0317. The molecule has 1 nitrogen and oxygen atoms in total. The molecule has 0 N–H and O–H groups in total. The molecule has 1 rings (SSSR count). The van der Waals surface area contributed by atoms with Gasteiger partial charge in [-0.3, -0.25) is 0 Å². The largest absolute Gasteiger partial charge is 0.280 e. The monoisotopic (exact) mass is 365 g/mol. The fraction of sp³-hybridized carbons (Fsp3) is 0.286. The topological polar surface area (TPSA) is 12.9 Å². The van der Waals surface area contributed by atoms with Crippen LogP contribution in [0.4, 0.5) is 13.2 Å². The van der Waals surface area contributed by atoms with Crippen LogP contribution < -0.4 is 0 Å². The van der Waals surface area contributed by atoms with E-state index in [0.29, 0.717) is 10.9 Å². The van der Waals surface area contributed by atoms with Crippen LogP contribution in [0.15, 0.2) is 6.07 Å². The molecule has 0 bridgehead atoms. The number of hydrogen-bond acceptors (Lipinski definition) is 1. The Hall–Kier alpha value is 0.150. The molecule has 72 valence electrons. The zero-order valence-corrected chi connectivity index (χ0v) is 9.94. The maximum absolute atomic E-state index is 12.9. The smallest absolute Gasteiger partial charge is 0.218 e. The fourth-order valence-corrected chi connectivity index (χ4v) is 2.21. The van der Waals surface area contributed by atoms with Crippen molar-refractivity contribution in [1.29, 1.82) is 0 Å². The molecule has 0 aliphatic carbocycles. The van der Waals surface area contributed by atoms with E-state index in [4.69, 9.17) is 0 Å². The van der Waals surface area contributed by atoms with Crippen LogP contribution >= 0.6 is 38.5 Å². The van der Waals surface area contributed by atoms with E-state index in [1.807, 2.05) is 0 Å². The van der Waals surface area contributed by atoms with Crippen LogP contribution in [0.5, 0.6) is 0 Å². The van der Waals surface area contributed by atoms with Crippen molar-refractivity contribution in [3.63, 3.8) is 0 Å². The molecule has 0 amide bonds. The second-order valence-electron chi connectivity index (χ2n) is 2.25. The Morgan fingerprint density at radius 1 is 1.54 bits per heavy atom. The average molecular weight is 366 g/mol. The molecule has 0 spiro atoms. The van der Waals surface area contributed by atoms with Crippen molar-refractivity contribution in [3.05, 3.63) is 26.8 Å². The highest BCUT2D eigenvalue weighted by Crippen LogP contribution is 2.23. The van der Waals surface area contributed by atoms with Crippen molar-refractivity contribution in [2.24, 2.45) is 0 Å². The van der Waals surface area contributed by atoms with E-state index in [1.165, 1.54) is 6.07 Å². The summed E-state index contributed by atoms with van der Waals surface area (Å²) in [5, 5.41) is 0.338. The molecule has 0 atom stereocenters. The van der Waals surface area contributed by atoms with Crippen LogP contribution in [0.25, 0.3) is 0 Å². The third-order valence-electron chi connectivity index (χ3n) is 1.38. The quantitative estimate of drug-likeness (QED) is 0.443. The lowest BCUT2D eigenvalue weighted by molar-refractivity contribution is 0.144. The summed E-state index contributed by atoms with van der Waals surface area (Å²) in [4.78, 5) is 3.14. The number of nitrogens with zero attached hydrogens (tertiary/aromatic N) is 1. The summed E-state index contributed by atoms with van der Waals surface area (Å²) in [5.74, 6) is -0.840. The third-order valence-corrected chi connectivity index (χ3v) is 3.12. The molecule has 0 saturated heterocycles. The van der Waals surface area contributed by atoms with Gasteiger partial charge >= 0.3 is 0 Å². The van der Waals surface area contributed by atoms with Crippen LogP contribution in [-0.4, -0.2) is 4.98 Å². The first-order chi connectivity index (χ1) is 6.06. The van der Waals surface area contributed by atoms with Crippen LogP contribution in [0.3, 0.4) is 0 Å². The van der Waals surface area contributed by atoms with E-state index in [9.17, 15) is 13.2 Å². The van der Waals surface area contributed by atoms with Gasteiger partial charge in [0.1, 0.15) is 5.69 Å². The Morgan fingerprint density at radius 3 is 2.62 bits per heavy atom. The van der Waals surface area contributed by atoms with Gasteiger partial charge < -0.3 is 0 Å². The molecule has 0 unspecified atom stereocenters. The Balaban J connectivity index is 3.22. The molecule has 1 aromatic heterocycles. The number of rotatable bonds is 2. The van der Waals surface area contributed by atoms with Crippen LogP contribution in [0, 0.1) is 9.52 Å². The van der Waals surface area contributed by atoms with Crippen molar-refractivity contribution in [2.75, 3.05) is 0 Å². The van der Waals surface area contributed by atoms with Gasteiger partial charge in [-0.25, -0.2) is 13.8 Å². The maximum atomic E-state index is 12.9. The van der Waals surface area contributed by atoms with E-state index < -0.39 is 18.1 Å². The highest BCUT2D eigenvalue weighted by Gasteiger charge is 2.15. The van der Waals surface area contributed by atoms with E-state index in [0.717, 1.165) is 0 Å². The van der Waals surface area contributed by atoms with Gasteiger partial charge in [-0.05, 0) is 34.2 Å². The first kappa shape index (κ1) is 11.2. The van der Waals surface area contributed by atoms with Crippen LogP contribution in [0.2, 0.25) is 0 Å². The molecular weight excluding hydrogens is 362 g/mol. The van der Waals surface area contributed by atoms with E-state index in [1.54, 1.807) is 22.6 Å². The Bertz CT molecular complexity index is 319. The Morgan fingerprint density at radius 2 is 2.15 bits per heavy atom. The summed E-state index contributed by atoms with van der Waals surface area (Å²) >= 11 is 4.81. The lowest BCUT2D eigenvalue weighted by Crippen LogP contribution is -2.00. The second kappa shape index (κ2) is 4.59. The lowest BCUT2D eigenvalue weighted by atomic mass is 10.2. The predicted molar refractivity (Wildman–Crippen MR) is 54.5 cm³/mol. The standard InChI is InChI=1S/C7H4BrF3IN/c8-2-3-1-4(6(9)10)13-7(11)5(3)12/h1,6H,2H2. The van der Waals surface area contributed by atoms with Gasteiger partial charge in [-0.15, -0.1) is 0 Å². The first-order valence-corrected chi connectivity index (χ1v) is 5.45. The van der Waals surface area contributed by atoms with Gasteiger partial charge in [0.05, 0.1) is 3.57 Å². The molecule has 0 saturated carbocycles. The molecule has 0 aliphatic heterocycles. The highest BCUT2D eigenvalue weighted by molar-refractivity contribution is 14.1. The molecule has 0 radical (unpaired) electrons. The van der Waals surface area contributed by atoms with Crippen molar-refractivity contribution >= 4 is 38.5 Å². The number of pyridine rings is 1. The van der Waals surface area contributed by atoms with Gasteiger partial charge in [0.25, 0.3) is 6.43 Å². The van der Waals surface area contributed by atoms with E-state index >= 15 is 0 Å². The SMILES string of the molecule is Fc1nc(C(F)F)cc(CBr)c1I. The average Bonchev–Trinajstić information content (AvgIpc) is 2.09. The summed E-state index contributed by atoms with van der Waals surface area (Å²) in [7, 11) is 0. The Labute approximate surface area is 95.0 Å². The number of alkyl halides is 3. The predicted octanol–water partition coefficient (Wildman–Crippen LogP) is 3.66. The molecule has 6 heteroatoms. The zero-order chi connectivity index (χ0) is 10.0. The summed E-state index contributed by atoms with van der Waals surface area (Å²) in [6, 6.07) is 1.20. The minimum atomic E-state index is -2.73. The van der Waals surface area contributed by atoms with E-state index in [2.05, 4.69) is 20.9 Å². The van der Waals surface area contributed by atoms with Gasteiger partial charge in [-0.1, -0.05) is 15.9 Å². The number of hydrogen-bond donors (Lipinski definition) is 0. The molecule has 0 aliphatic rings. The second-order valence-corrected chi connectivity index (χ2v) is 3.88. The zero-order valence-electron chi connectivity index (χ0n) is 6.20. The summed E-state index contributed by atoms with van der Waals surface area (Å²) in [6.07, 6.45) is -2.73. The number of aromatic nitrogens is 1. The molecule has 13 heavy (non-hydrogen) atoms. The first-order valence-electron chi connectivity index (χ1n) is 3.25. The Kier molecular flexibility index (Phi) is 3.96. The highest BCUT2D eigenvalue weighted by atomic mass is 127. The summed E-state index contributed by atoms with van der Waals surface area (Å²) in [6.45, 7) is 0. The third kappa shape index (κ3) is 2.55. The van der Waals surface area contributed by atoms with Gasteiger partial charge in [-0.2, -0.15) is 4.39 Å². The van der Waals surface area contributed by atoms with Gasteiger partial charge in [0, 0.05) is 5.33 Å². The minimum absolute atomic E-state index is 0.277.